The zero-order valence-corrected chi connectivity index (χ0v) is 15.7. The molecule has 0 aromatic heterocycles. The lowest BCUT2D eigenvalue weighted by Crippen LogP contribution is -2.41. The van der Waals surface area contributed by atoms with Gasteiger partial charge in [0.25, 0.3) is 5.91 Å². The van der Waals surface area contributed by atoms with Crippen LogP contribution in [-0.4, -0.2) is 16.8 Å². The second-order valence-corrected chi connectivity index (χ2v) is 7.46. The number of rotatable bonds is 3. The fourth-order valence-corrected chi connectivity index (χ4v) is 3.78. The zero-order chi connectivity index (χ0) is 17.5. The number of imide groups is 1. The average Bonchev–Trinajstić information content (AvgIpc) is 2.71. The van der Waals surface area contributed by atoms with Gasteiger partial charge in [0, 0.05) is 20.1 Å². The summed E-state index contributed by atoms with van der Waals surface area (Å²) in [6.45, 7) is 1.83. The van der Waals surface area contributed by atoms with Gasteiger partial charge in [-0.3, -0.25) is 9.69 Å². The van der Waals surface area contributed by atoms with Crippen LogP contribution in [-0.2, 0) is 16.9 Å². The average molecular weight is 428 g/mol. The molecule has 1 aliphatic rings. The molecule has 1 heterocycles. The van der Waals surface area contributed by atoms with E-state index in [0.717, 1.165) is 10.0 Å². The Kier molecular flexibility index (Phi) is 4.60. The van der Waals surface area contributed by atoms with Crippen LogP contribution in [0.2, 0.25) is 10.0 Å². The molecule has 0 bridgehead atoms. The van der Waals surface area contributed by atoms with Gasteiger partial charge in [-0.15, -0.1) is 0 Å². The van der Waals surface area contributed by atoms with E-state index < -0.39 is 11.6 Å². The molecule has 1 N–H and O–H groups in total. The number of carbonyl (C=O) groups is 2. The summed E-state index contributed by atoms with van der Waals surface area (Å²) in [4.78, 5) is 26.4. The van der Waals surface area contributed by atoms with Crippen LogP contribution in [0.4, 0.5) is 4.79 Å². The van der Waals surface area contributed by atoms with Crippen LogP contribution in [0.3, 0.4) is 0 Å². The number of hydrogen-bond donors (Lipinski definition) is 1. The molecule has 2 aromatic rings. The molecule has 1 saturated heterocycles. The van der Waals surface area contributed by atoms with Crippen LogP contribution in [0, 0.1) is 0 Å². The van der Waals surface area contributed by atoms with Gasteiger partial charge in [0.2, 0.25) is 0 Å². The molecule has 0 aliphatic carbocycles. The topological polar surface area (TPSA) is 49.4 Å². The summed E-state index contributed by atoms with van der Waals surface area (Å²) in [7, 11) is 0. The fourth-order valence-electron chi connectivity index (χ4n) is 2.74. The second kappa shape index (κ2) is 6.39. The summed E-state index contributed by atoms with van der Waals surface area (Å²) >= 11 is 15.5. The van der Waals surface area contributed by atoms with Crippen molar-refractivity contribution < 1.29 is 9.59 Å². The minimum atomic E-state index is -1.22. The minimum Gasteiger partial charge on any atom is -0.319 e. The summed E-state index contributed by atoms with van der Waals surface area (Å²) in [5.74, 6) is -0.350. The highest BCUT2D eigenvalue weighted by Gasteiger charge is 2.49. The first kappa shape index (κ1) is 17.3. The zero-order valence-electron chi connectivity index (χ0n) is 12.6. The van der Waals surface area contributed by atoms with Crippen molar-refractivity contribution >= 4 is 51.1 Å². The summed E-state index contributed by atoms with van der Waals surface area (Å²) in [5.41, 5.74) is 0.146. The van der Waals surface area contributed by atoms with E-state index in [1.54, 1.807) is 25.1 Å². The van der Waals surface area contributed by atoms with Crippen molar-refractivity contribution in [1.82, 2.24) is 10.2 Å². The van der Waals surface area contributed by atoms with Gasteiger partial charge >= 0.3 is 6.03 Å². The van der Waals surface area contributed by atoms with Crippen molar-refractivity contribution in [1.29, 1.82) is 0 Å². The maximum atomic E-state index is 12.9. The van der Waals surface area contributed by atoms with Crippen LogP contribution in [0.5, 0.6) is 0 Å². The van der Waals surface area contributed by atoms with Crippen molar-refractivity contribution in [2.24, 2.45) is 0 Å². The number of urea groups is 1. The quantitative estimate of drug-likeness (QED) is 0.720. The van der Waals surface area contributed by atoms with Gasteiger partial charge in [0.05, 0.1) is 6.54 Å². The second-order valence-electron chi connectivity index (χ2n) is 5.70. The molecule has 2 aromatic carbocycles. The van der Waals surface area contributed by atoms with Crippen LogP contribution in [0.15, 0.2) is 46.9 Å². The van der Waals surface area contributed by atoms with Gasteiger partial charge in [-0.25, -0.2) is 4.79 Å². The number of halogens is 3. The van der Waals surface area contributed by atoms with Crippen LogP contribution < -0.4 is 5.32 Å². The van der Waals surface area contributed by atoms with E-state index in [0.29, 0.717) is 15.6 Å². The Morgan fingerprint density at radius 2 is 1.92 bits per heavy atom. The first-order chi connectivity index (χ1) is 11.3. The molecule has 1 unspecified atom stereocenters. The van der Waals surface area contributed by atoms with E-state index in [1.807, 2.05) is 24.3 Å². The van der Waals surface area contributed by atoms with Gasteiger partial charge in [0.1, 0.15) is 5.54 Å². The van der Waals surface area contributed by atoms with Crippen molar-refractivity contribution in [3.05, 3.63) is 68.1 Å². The molecule has 0 saturated carbocycles. The standard InChI is InChI=1S/C17H13BrCl2N2O2/c1-17(13-6-5-12(19)8-14(13)20)15(23)22(16(24)21-17)9-10-3-2-4-11(18)7-10/h2-8H,9H2,1H3,(H,21,24). The Hall–Kier alpha value is -1.56. The normalized spacial score (nSPS) is 20.4. The highest BCUT2D eigenvalue weighted by atomic mass is 79.9. The molecule has 1 fully saturated rings. The van der Waals surface area contributed by atoms with E-state index in [4.69, 9.17) is 23.2 Å². The molecule has 7 heteroatoms. The summed E-state index contributed by atoms with van der Waals surface area (Å²) in [6, 6.07) is 11.9. The summed E-state index contributed by atoms with van der Waals surface area (Å²) < 4.78 is 0.885. The Labute approximate surface area is 157 Å². The Bertz CT molecular complexity index is 843. The molecule has 1 atom stereocenters. The molecule has 0 radical (unpaired) electrons. The largest absolute Gasteiger partial charge is 0.325 e. The lowest BCUT2D eigenvalue weighted by molar-refractivity contribution is -0.131. The number of nitrogens with one attached hydrogen (secondary N) is 1. The van der Waals surface area contributed by atoms with Crippen LogP contribution in [0.1, 0.15) is 18.1 Å². The van der Waals surface area contributed by atoms with Crippen LogP contribution >= 0.6 is 39.1 Å². The van der Waals surface area contributed by atoms with Gasteiger partial charge in [-0.1, -0.05) is 57.3 Å². The van der Waals surface area contributed by atoms with Crippen molar-refractivity contribution in [2.75, 3.05) is 0 Å². The third kappa shape index (κ3) is 3.04. The van der Waals surface area contributed by atoms with Gasteiger partial charge < -0.3 is 5.32 Å². The first-order valence-corrected chi connectivity index (χ1v) is 8.70. The highest BCUT2D eigenvalue weighted by molar-refractivity contribution is 9.10. The number of carbonyl (C=O) groups excluding carboxylic acids is 2. The molecule has 124 valence electrons. The lowest BCUT2D eigenvalue weighted by Gasteiger charge is -2.23. The van der Waals surface area contributed by atoms with Gasteiger partial charge in [-0.05, 0) is 36.8 Å². The Balaban J connectivity index is 1.93. The SMILES string of the molecule is CC1(c2ccc(Cl)cc2Cl)NC(=O)N(Cc2cccc(Br)c2)C1=O. The summed E-state index contributed by atoms with van der Waals surface area (Å²) in [6.07, 6.45) is 0. The van der Waals surface area contributed by atoms with E-state index >= 15 is 0 Å². The van der Waals surface area contributed by atoms with E-state index in [1.165, 1.54) is 4.90 Å². The van der Waals surface area contributed by atoms with Crippen molar-refractivity contribution in [2.45, 2.75) is 19.0 Å². The first-order valence-electron chi connectivity index (χ1n) is 7.15. The molecule has 1 aliphatic heterocycles. The minimum absolute atomic E-state index is 0.185. The molecule has 0 spiro atoms. The number of nitrogens with zero attached hydrogens (tertiary/aromatic N) is 1. The lowest BCUT2D eigenvalue weighted by atomic mass is 9.92. The molecule has 24 heavy (non-hydrogen) atoms. The molecule has 3 rings (SSSR count). The van der Waals surface area contributed by atoms with E-state index in [2.05, 4.69) is 21.2 Å². The molecular formula is C17H13BrCl2N2O2. The van der Waals surface area contributed by atoms with Gasteiger partial charge in [-0.2, -0.15) is 0 Å². The molecule has 3 amide bonds. The van der Waals surface area contributed by atoms with E-state index in [9.17, 15) is 9.59 Å². The third-order valence-electron chi connectivity index (χ3n) is 3.97. The van der Waals surface area contributed by atoms with Crippen molar-refractivity contribution in [3.8, 4) is 0 Å². The molecular weight excluding hydrogens is 415 g/mol. The maximum absolute atomic E-state index is 12.9. The monoisotopic (exact) mass is 426 g/mol. The Morgan fingerprint density at radius 3 is 2.58 bits per heavy atom. The number of amides is 3. The third-order valence-corrected chi connectivity index (χ3v) is 5.02. The number of benzene rings is 2. The Morgan fingerprint density at radius 1 is 1.17 bits per heavy atom. The molecule has 4 nitrogen and oxygen atoms in total. The number of hydrogen-bond acceptors (Lipinski definition) is 2. The van der Waals surface area contributed by atoms with Gasteiger partial charge in [0.15, 0.2) is 0 Å². The summed E-state index contributed by atoms with van der Waals surface area (Å²) in [5, 5.41) is 3.54. The maximum Gasteiger partial charge on any atom is 0.325 e. The van der Waals surface area contributed by atoms with Crippen LogP contribution in [0.25, 0.3) is 0 Å². The highest BCUT2D eigenvalue weighted by Crippen LogP contribution is 2.35. The van der Waals surface area contributed by atoms with Crippen molar-refractivity contribution in [3.63, 3.8) is 0 Å². The fraction of sp³-hybridized carbons (Fsp3) is 0.176. The van der Waals surface area contributed by atoms with E-state index in [-0.39, 0.29) is 12.5 Å². The predicted molar refractivity (Wildman–Crippen MR) is 97.0 cm³/mol. The predicted octanol–water partition coefficient (Wildman–Crippen LogP) is 4.72. The smallest absolute Gasteiger partial charge is 0.319 e.